The summed E-state index contributed by atoms with van der Waals surface area (Å²) in [4.78, 5) is 14.5. The van der Waals surface area contributed by atoms with Crippen LogP contribution in [0.25, 0.3) is 0 Å². The van der Waals surface area contributed by atoms with Gasteiger partial charge >= 0.3 is 0 Å². The van der Waals surface area contributed by atoms with Crippen molar-refractivity contribution >= 4 is 5.91 Å². The highest BCUT2D eigenvalue weighted by Crippen LogP contribution is 2.41. The summed E-state index contributed by atoms with van der Waals surface area (Å²) in [5.74, 6) is -0.191. The number of benzene rings is 1. The second kappa shape index (κ2) is 7.19. The van der Waals surface area contributed by atoms with E-state index in [0.29, 0.717) is 37.8 Å². The van der Waals surface area contributed by atoms with Crippen molar-refractivity contribution in [3.8, 4) is 0 Å². The van der Waals surface area contributed by atoms with Crippen LogP contribution >= 0.6 is 0 Å². The van der Waals surface area contributed by atoms with E-state index in [1.54, 1.807) is 12.1 Å². The third-order valence-corrected chi connectivity index (χ3v) is 5.10. The molecule has 24 heavy (non-hydrogen) atoms. The number of hydrogen-bond acceptors (Lipinski definition) is 3. The minimum Gasteiger partial charge on any atom is -0.378 e. The largest absolute Gasteiger partial charge is 0.378 e. The van der Waals surface area contributed by atoms with Gasteiger partial charge in [0.25, 0.3) is 5.91 Å². The lowest BCUT2D eigenvalue weighted by atomic mass is 9.89. The molecule has 0 unspecified atom stereocenters. The van der Waals surface area contributed by atoms with Crippen LogP contribution in [-0.2, 0) is 9.47 Å². The van der Waals surface area contributed by atoms with Gasteiger partial charge in [-0.2, -0.15) is 0 Å². The van der Waals surface area contributed by atoms with Crippen molar-refractivity contribution in [3.05, 3.63) is 35.6 Å². The van der Waals surface area contributed by atoms with Crippen molar-refractivity contribution in [2.45, 2.75) is 44.8 Å². The lowest BCUT2D eigenvalue weighted by molar-refractivity contribution is -0.136. The van der Waals surface area contributed by atoms with Crippen LogP contribution in [0.3, 0.4) is 0 Å². The van der Waals surface area contributed by atoms with Gasteiger partial charge in [-0.3, -0.25) is 4.79 Å². The van der Waals surface area contributed by atoms with Crippen LogP contribution in [0.15, 0.2) is 24.3 Å². The summed E-state index contributed by atoms with van der Waals surface area (Å²) in [6.45, 7) is 6.37. The van der Waals surface area contributed by atoms with Gasteiger partial charge in [-0.25, -0.2) is 4.39 Å². The maximum atomic E-state index is 13.4. The Kier molecular flexibility index (Phi) is 5.21. The highest BCUT2D eigenvalue weighted by Gasteiger charge is 2.48. The van der Waals surface area contributed by atoms with E-state index in [1.807, 2.05) is 18.7 Å². The first-order chi connectivity index (χ1) is 11.5. The second-order valence-electron chi connectivity index (χ2n) is 7.12. The summed E-state index contributed by atoms with van der Waals surface area (Å²) in [5.41, 5.74) is 0.0934. The molecule has 1 saturated heterocycles. The topological polar surface area (TPSA) is 38.8 Å². The molecule has 5 heteroatoms. The first-order valence-corrected chi connectivity index (χ1v) is 8.80. The standard InChI is InChI=1S/C19H26FNO3/c1-14(2)23-12-16-6-4-8-19(16)13-21(9-10-24-19)18(22)15-5-3-7-17(20)11-15/h3,5,7,11,14,16H,4,6,8-10,12-13H2,1-2H3/t16-,19+/m0/s1. The molecule has 2 fully saturated rings. The molecule has 2 atom stereocenters. The number of hydrogen-bond donors (Lipinski definition) is 0. The minimum atomic E-state index is -0.382. The number of carbonyl (C=O) groups excluding carboxylic acids is 1. The lowest BCUT2D eigenvalue weighted by Crippen LogP contribution is -2.56. The Balaban J connectivity index is 1.72. The summed E-state index contributed by atoms with van der Waals surface area (Å²) in [7, 11) is 0. The van der Waals surface area contributed by atoms with Gasteiger partial charge in [0.15, 0.2) is 0 Å². The van der Waals surface area contributed by atoms with Gasteiger partial charge in [-0.15, -0.1) is 0 Å². The van der Waals surface area contributed by atoms with Crippen LogP contribution in [0.5, 0.6) is 0 Å². The molecule has 132 valence electrons. The number of ether oxygens (including phenoxy) is 2. The molecular weight excluding hydrogens is 309 g/mol. The molecular formula is C19H26FNO3. The van der Waals surface area contributed by atoms with Crippen molar-refractivity contribution in [2.75, 3.05) is 26.3 Å². The molecule has 1 aliphatic heterocycles. The fourth-order valence-electron chi connectivity index (χ4n) is 3.84. The molecule has 1 spiro atoms. The SMILES string of the molecule is CC(C)OC[C@@H]1CCC[C@@]12CN(C(=O)c1cccc(F)c1)CCO2. The average Bonchev–Trinajstić information content (AvgIpc) is 2.94. The summed E-state index contributed by atoms with van der Waals surface area (Å²) in [5, 5.41) is 0. The Bertz CT molecular complexity index is 592. The van der Waals surface area contributed by atoms with E-state index in [9.17, 15) is 9.18 Å². The summed E-state index contributed by atoms with van der Waals surface area (Å²) < 4.78 is 25.4. The highest BCUT2D eigenvalue weighted by molar-refractivity contribution is 5.94. The maximum absolute atomic E-state index is 13.4. The zero-order valence-corrected chi connectivity index (χ0v) is 14.5. The van der Waals surface area contributed by atoms with Gasteiger partial charge < -0.3 is 14.4 Å². The van der Waals surface area contributed by atoms with Crippen molar-refractivity contribution in [2.24, 2.45) is 5.92 Å². The monoisotopic (exact) mass is 335 g/mol. The first-order valence-electron chi connectivity index (χ1n) is 8.80. The average molecular weight is 335 g/mol. The summed E-state index contributed by atoms with van der Waals surface area (Å²) >= 11 is 0. The minimum absolute atomic E-state index is 0.118. The Morgan fingerprint density at radius 3 is 3.08 bits per heavy atom. The molecule has 1 aromatic rings. The van der Waals surface area contributed by atoms with Crippen LogP contribution in [0, 0.1) is 11.7 Å². The molecule has 0 N–H and O–H groups in total. The predicted octanol–water partition coefficient (Wildman–Crippen LogP) is 3.26. The first kappa shape index (κ1) is 17.4. The highest BCUT2D eigenvalue weighted by atomic mass is 19.1. The number of carbonyl (C=O) groups is 1. The fourth-order valence-corrected chi connectivity index (χ4v) is 3.84. The summed E-state index contributed by atoms with van der Waals surface area (Å²) in [6.07, 6.45) is 3.30. The third kappa shape index (κ3) is 3.62. The fraction of sp³-hybridized carbons (Fsp3) is 0.632. The molecule has 0 bridgehead atoms. The molecule has 1 saturated carbocycles. The molecule has 4 nitrogen and oxygen atoms in total. The zero-order chi connectivity index (χ0) is 17.2. The molecule has 1 amide bonds. The van der Waals surface area contributed by atoms with Crippen molar-refractivity contribution < 1.29 is 18.7 Å². The van der Waals surface area contributed by atoms with E-state index in [4.69, 9.17) is 9.47 Å². The van der Waals surface area contributed by atoms with Crippen molar-refractivity contribution in [1.29, 1.82) is 0 Å². The van der Waals surface area contributed by atoms with Crippen LogP contribution < -0.4 is 0 Å². The normalized spacial score (nSPS) is 27.2. The van der Waals surface area contributed by atoms with E-state index in [2.05, 4.69) is 0 Å². The van der Waals surface area contributed by atoms with E-state index < -0.39 is 0 Å². The van der Waals surface area contributed by atoms with Crippen LogP contribution in [0.4, 0.5) is 4.39 Å². The van der Waals surface area contributed by atoms with Crippen LogP contribution in [0.2, 0.25) is 0 Å². The maximum Gasteiger partial charge on any atom is 0.254 e. The second-order valence-corrected chi connectivity index (χ2v) is 7.12. The lowest BCUT2D eigenvalue weighted by Gasteiger charge is -2.44. The molecule has 1 aromatic carbocycles. The number of amides is 1. The Labute approximate surface area is 142 Å². The summed E-state index contributed by atoms with van der Waals surface area (Å²) in [6, 6.07) is 5.90. The molecule has 0 aromatic heterocycles. The molecule has 0 radical (unpaired) electrons. The van der Waals surface area contributed by atoms with Gasteiger partial charge in [-0.05, 0) is 44.9 Å². The Hall–Kier alpha value is -1.46. The van der Waals surface area contributed by atoms with Gasteiger partial charge in [0.2, 0.25) is 0 Å². The van der Waals surface area contributed by atoms with E-state index >= 15 is 0 Å². The molecule has 2 aliphatic rings. The molecule has 1 heterocycles. The number of halogens is 1. The smallest absolute Gasteiger partial charge is 0.254 e. The quantitative estimate of drug-likeness (QED) is 0.848. The number of morpholine rings is 1. The molecule has 1 aliphatic carbocycles. The van der Waals surface area contributed by atoms with Crippen molar-refractivity contribution in [1.82, 2.24) is 4.90 Å². The third-order valence-electron chi connectivity index (χ3n) is 5.10. The number of rotatable bonds is 4. The predicted molar refractivity (Wildman–Crippen MR) is 89.4 cm³/mol. The van der Waals surface area contributed by atoms with E-state index in [1.165, 1.54) is 12.1 Å². The van der Waals surface area contributed by atoms with Gasteiger partial charge in [0, 0.05) is 18.0 Å². The van der Waals surface area contributed by atoms with Crippen molar-refractivity contribution in [3.63, 3.8) is 0 Å². The van der Waals surface area contributed by atoms with E-state index in [0.717, 1.165) is 19.3 Å². The van der Waals surface area contributed by atoms with Gasteiger partial charge in [-0.1, -0.05) is 12.5 Å². The number of nitrogens with zero attached hydrogens (tertiary/aromatic N) is 1. The van der Waals surface area contributed by atoms with Crippen LogP contribution in [-0.4, -0.2) is 48.8 Å². The van der Waals surface area contributed by atoms with Gasteiger partial charge in [0.05, 0.1) is 31.5 Å². The zero-order valence-electron chi connectivity index (χ0n) is 14.5. The van der Waals surface area contributed by atoms with Crippen LogP contribution in [0.1, 0.15) is 43.5 Å². The van der Waals surface area contributed by atoms with Gasteiger partial charge in [0.1, 0.15) is 5.82 Å². The Morgan fingerprint density at radius 2 is 2.33 bits per heavy atom. The van der Waals surface area contributed by atoms with E-state index in [-0.39, 0.29) is 23.4 Å². The Morgan fingerprint density at radius 1 is 1.50 bits per heavy atom. The molecule has 3 rings (SSSR count).